The highest BCUT2D eigenvalue weighted by molar-refractivity contribution is 6.29. The number of hydrogen-bond donors (Lipinski definition) is 1. The molecule has 136 valence electrons. The molecule has 2 rings (SSSR count). The van der Waals surface area contributed by atoms with E-state index in [0.29, 0.717) is 24.5 Å². The second-order valence-electron chi connectivity index (χ2n) is 5.61. The zero-order chi connectivity index (χ0) is 18.8. The maximum atomic E-state index is 11.7. The van der Waals surface area contributed by atoms with Gasteiger partial charge in [0.15, 0.2) is 6.61 Å². The van der Waals surface area contributed by atoms with Gasteiger partial charge in [-0.3, -0.25) is 9.59 Å². The molecule has 6 nitrogen and oxygen atoms in total. The lowest BCUT2D eigenvalue weighted by molar-refractivity contribution is -0.146. The number of rotatable bonds is 9. The minimum atomic E-state index is -0.792. The van der Waals surface area contributed by atoms with Crippen molar-refractivity contribution in [3.8, 4) is 5.75 Å². The highest BCUT2D eigenvalue weighted by atomic mass is 16.6. The molecule has 0 fully saturated rings. The number of esters is 1. The quantitative estimate of drug-likeness (QED) is 0.425. The summed E-state index contributed by atoms with van der Waals surface area (Å²) in [5.41, 5.74) is 2.38. The fraction of sp³-hybridized carbons (Fsp3) is 0.250. The zero-order valence-corrected chi connectivity index (χ0v) is 14.6. The number of aldehydes is 1. The van der Waals surface area contributed by atoms with Gasteiger partial charge >= 0.3 is 5.97 Å². The Morgan fingerprint density at radius 1 is 1.08 bits per heavy atom. The zero-order valence-electron chi connectivity index (χ0n) is 14.6. The van der Waals surface area contributed by atoms with Crippen LogP contribution in [0.4, 0.5) is 5.69 Å². The van der Waals surface area contributed by atoms with Gasteiger partial charge in [0.25, 0.3) is 5.91 Å². The standard InChI is InChI=1S/C20H21NO5/c1-2-10-25-20(24)14-26-18-12-16(11-15-6-4-3-5-7-15)8-9-17(18)21-19(23)13-22/h3-9,12-13H,2,10-11,14H2,1H3,(H,21,23). The molecule has 0 spiro atoms. The summed E-state index contributed by atoms with van der Waals surface area (Å²) in [6.45, 7) is 1.94. The molecule has 0 aliphatic heterocycles. The van der Waals surface area contributed by atoms with Gasteiger partial charge in [0, 0.05) is 0 Å². The fourth-order valence-electron chi connectivity index (χ4n) is 2.29. The van der Waals surface area contributed by atoms with Gasteiger partial charge in [0.05, 0.1) is 12.3 Å². The SMILES string of the molecule is CCCOC(=O)COc1cc(Cc2ccccc2)ccc1NC(=O)C=O. The third-order valence-corrected chi connectivity index (χ3v) is 3.47. The van der Waals surface area contributed by atoms with Crippen LogP contribution >= 0.6 is 0 Å². The number of anilines is 1. The van der Waals surface area contributed by atoms with Crippen LogP contribution in [0, 0.1) is 0 Å². The maximum absolute atomic E-state index is 11.7. The molecule has 0 saturated carbocycles. The van der Waals surface area contributed by atoms with E-state index in [-0.39, 0.29) is 12.9 Å². The van der Waals surface area contributed by atoms with Crippen molar-refractivity contribution in [1.82, 2.24) is 0 Å². The Hall–Kier alpha value is -3.15. The van der Waals surface area contributed by atoms with E-state index in [9.17, 15) is 14.4 Å². The Kier molecular flexibility index (Phi) is 7.36. The van der Waals surface area contributed by atoms with Crippen LogP contribution < -0.4 is 10.1 Å². The number of hydrogen-bond acceptors (Lipinski definition) is 5. The fourth-order valence-corrected chi connectivity index (χ4v) is 2.29. The predicted octanol–water partition coefficient (Wildman–Crippen LogP) is 2.75. The molecule has 0 unspecified atom stereocenters. The lowest BCUT2D eigenvalue weighted by atomic mass is 10.0. The number of benzene rings is 2. The molecule has 0 atom stereocenters. The molecule has 0 bridgehead atoms. The second kappa shape index (κ2) is 9.98. The third kappa shape index (κ3) is 6.05. The summed E-state index contributed by atoms with van der Waals surface area (Å²) in [5.74, 6) is -0.978. The molecule has 0 saturated heterocycles. The van der Waals surface area contributed by atoms with Gasteiger partial charge < -0.3 is 14.8 Å². The monoisotopic (exact) mass is 355 g/mol. The highest BCUT2D eigenvalue weighted by Gasteiger charge is 2.11. The van der Waals surface area contributed by atoms with E-state index in [2.05, 4.69) is 5.32 Å². The molecule has 2 aromatic rings. The molecule has 0 radical (unpaired) electrons. The van der Waals surface area contributed by atoms with Gasteiger partial charge in [-0.15, -0.1) is 0 Å². The number of amides is 1. The summed E-state index contributed by atoms with van der Waals surface area (Å²) in [6.07, 6.45) is 1.56. The molecular formula is C20H21NO5. The third-order valence-electron chi connectivity index (χ3n) is 3.47. The summed E-state index contributed by atoms with van der Waals surface area (Å²) in [6, 6.07) is 15.1. The van der Waals surface area contributed by atoms with Crippen LogP contribution in [0.15, 0.2) is 48.5 Å². The van der Waals surface area contributed by atoms with Crippen molar-refractivity contribution in [3.05, 3.63) is 59.7 Å². The lowest BCUT2D eigenvalue weighted by Gasteiger charge is -2.13. The minimum Gasteiger partial charge on any atom is -0.480 e. The van der Waals surface area contributed by atoms with Gasteiger partial charge in [-0.2, -0.15) is 0 Å². The normalized spacial score (nSPS) is 10.0. The molecule has 1 amide bonds. The first-order chi connectivity index (χ1) is 12.6. The molecule has 0 heterocycles. The number of nitrogens with one attached hydrogen (secondary N) is 1. The van der Waals surface area contributed by atoms with E-state index in [4.69, 9.17) is 9.47 Å². The summed E-state index contributed by atoms with van der Waals surface area (Å²) in [5, 5.41) is 2.43. The molecule has 1 N–H and O–H groups in total. The Bertz CT molecular complexity index is 758. The van der Waals surface area contributed by atoms with E-state index >= 15 is 0 Å². The predicted molar refractivity (Wildman–Crippen MR) is 97.1 cm³/mol. The van der Waals surface area contributed by atoms with E-state index in [1.165, 1.54) is 0 Å². The second-order valence-corrected chi connectivity index (χ2v) is 5.61. The van der Waals surface area contributed by atoms with Gasteiger partial charge in [-0.05, 0) is 36.1 Å². The summed E-state index contributed by atoms with van der Waals surface area (Å²) in [7, 11) is 0. The van der Waals surface area contributed by atoms with Crippen LogP contribution in [0.5, 0.6) is 5.75 Å². The van der Waals surface area contributed by atoms with Crippen LogP contribution in [0.3, 0.4) is 0 Å². The molecule has 0 aliphatic carbocycles. The van der Waals surface area contributed by atoms with Crippen LogP contribution in [0.2, 0.25) is 0 Å². The molecular weight excluding hydrogens is 334 g/mol. The van der Waals surface area contributed by atoms with Crippen molar-refractivity contribution >= 4 is 23.9 Å². The summed E-state index contributed by atoms with van der Waals surface area (Å²) >= 11 is 0. The average molecular weight is 355 g/mol. The largest absolute Gasteiger partial charge is 0.480 e. The molecule has 6 heteroatoms. The van der Waals surface area contributed by atoms with Gasteiger partial charge in [-0.1, -0.05) is 43.3 Å². The molecule has 0 aromatic heterocycles. The first-order valence-electron chi connectivity index (χ1n) is 8.33. The minimum absolute atomic E-state index is 0.178. The van der Waals surface area contributed by atoms with Crippen LogP contribution in [0.1, 0.15) is 24.5 Å². The highest BCUT2D eigenvalue weighted by Crippen LogP contribution is 2.27. The number of carbonyl (C=O) groups excluding carboxylic acids is 3. The van der Waals surface area contributed by atoms with Crippen LogP contribution in [-0.4, -0.2) is 31.4 Å². The van der Waals surface area contributed by atoms with Crippen molar-refractivity contribution in [2.75, 3.05) is 18.5 Å². The Morgan fingerprint density at radius 2 is 1.85 bits per heavy atom. The maximum Gasteiger partial charge on any atom is 0.344 e. The van der Waals surface area contributed by atoms with E-state index < -0.39 is 11.9 Å². The number of ether oxygens (including phenoxy) is 2. The van der Waals surface area contributed by atoms with Crippen molar-refractivity contribution < 1.29 is 23.9 Å². The topological polar surface area (TPSA) is 81.7 Å². The van der Waals surface area contributed by atoms with Crippen LogP contribution in [-0.2, 0) is 25.5 Å². The van der Waals surface area contributed by atoms with Gasteiger partial charge in [0.1, 0.15) is 5.75 Å². The first-order valence-corrected chi connectivity index (χ1v) is 8.33. The lowest BCUT2D eigenvalue weighted by Crippen LogP contribution is -2.17. The van der Waals surface area contributed by atoms with Crippen molar-refractivity contribution in [2.45, 2.75) is 19.8 Å². The van der Waals surface area contributed by atoms with E-state index in [1.54, 1.807) is 12.1 Å². The van der Waals surface area contributed by atoms with Gasteiger partial charge in [-0.25, -0.2) is 4.79 Å². The Labute approximate surface area is 152 Å². The first kappa shape index (κ1) is 19.2. The Morgan fingerprint density at radius 3 is 2.54 bits per heavy atom. The molecule has 0 aliphatic rings. The van der Waals surface area contributed by atoms with E-state index in [1.807, 2.05) is 43.3 Å². The summed E-state index contributed by atoms with van der Waals surface area (Å²) < 4.78 is 10.5. The van der Waals surface area contributed by atoms with E-state index in [0.717, 1.165) is 17.5 Å². The molecule has 26 heavy (non-hydrogen) atoms. The number of carbonyl (C=O) groups is 3. The summed E-state index contributed by atoms with van der Waals surface area (Å²) in [4.78, 5) is 33.6. The van der Waals surface area contributed by atoms with Crippen molar-refractivity contribution in [3.63, 3.8) is 0 Å². The smallest absolute Gasteiger partial charge is 0.344 e. The average Bonchev–Trinajstić information content (AvgIpc) is 2.67. The van der Waals surface area contributed by atoms with Crippen molar-refractivity contribution in [2.24, 2.45) is 0 Å². The van der Waals surface area contributed by atoms with Gasteiger partial charge in [0.2, 0.25) is 6.29 Å². The molecule has 2 aromatic carbocycles. The Balaban J connectivity index is 2.15. The van der Waals surface area contributed by atoms with Crippen LogP contribution in [0.25, 0.3) is 0 Å². The van der Waals surface area contributed by atoms with Crippen molar-refractivity contribution in [1.29, 1.82) is 0 Å².